The van der Waals surface area contributed by atoms with Crippen molar-refractivity contribution >= 4 is 77.0 Å². The van der Waals surface area contributed by atoms with Crippen LogP contribution in [0.2, 0.25) is 0 Å². The van der Waals surface area contributed by atoms with E-state index in [4.69, 9.17) is 28.7 Å². The number of carboxylic acids is 2. The predicted molar refractivity (Wildman–Crippen MR) is 315 cm³/mol. The number of nitrogens with two attached hydrogens (primary N) is 5. The Bertz CT molecular complexity index is 2650. The van der Waals surface area contributed by atoms with Gasteiger partial charge in [0, 0.05) is 25.8 Å². The number of nitrogens with zero attached hydrogens (tertiary/aromatic N) is 1. The molecule has 2 aromatic rings. The molecule has 2 rings (SSSR count). The van der Waals surface area contributed by atoms with Crippen LogP contribution in [-0.2, 0) is 70.4 Å². The molecule has 0 aliphatic carbocycles. The summed E-state index contributed by atoms with van der Waals surface area (Å²) < 4.78 is 0. The minimum Gasteiger partial charge on any atom is -0.481 e. The molecule has 0 aliphatic rings. The Morgan fingerprint density at radius 1 is 0.483 bits per heavy atom. The first kappa shape index (κ1) is 74.3. The zero-order valence-corrected chi connectivity index (χ0v) is 49.3. The van der Waals surface area contributed by atoms with Crippen molar-refractivity contribution in [2.45, 2.75) is 159 Å². The summed E-state index contributed by atoms with van der Waals surface area (Å²) >= 11 is 0. The van der Waals surface area contributed by atoms with Crippen molar-refractivity contribution in [3.63, 3.8) is 0 Å². The number of carboxylic acid groups (broad SMARTS) is 2. The van der Waals surface area contributed by atoms with Crippen LogP contribution in [0, 0.1) is 11.8 Å². The van der Waals surface area contributed by atoms with Crippen molar-refractivity contribution < 1.29 is 78.0 Å². The number of benzene rings is 2. The van der Waals surface area contributed by atoms with Gasteiger partial charge in [0.05, 0.1) is 25.7 Å². The second-order valence-electron chi connectivity index (χ2n) is 21.4. The summed E-state index contributed by atoms with van der Waals surface area (Å²) in [5, 5.41) is 60.1. The summed E-state index contributed by atoms with van der Waals surface area (Å²) in [6, 6.07) is 1.23. The number of guanidine groups is 1. The van der Waals surface area contributed by atoms with Crippen LogP contribution in [0.25, 0.3) is 0 Å². The maximum Gasteiger partial charge on any atom is 0.328 e. The molecule has 0 unspecified atom stereocenters. The van der Waals surface area contributed by atoms with E-state index >= 15 is 0 Å². The van der Waals surface area contributed by atoms with Gasteiger partial charge < -0.3 is 96.9 Å². The number of primary amides is 1. The molecule has 31 nitrogen and oxygen atoms in total. The van der Waals surface area contributed by atoms with Gasteiger partial charge in [-0.3, -0.25) is 57.7 Å². The third kappa shape index (κ3) is 28.3. The largest absolute Gasteiger partial charge is 0.481 e. The van der Waals surface area contributed by atoms with E-state index in [1.807, 2.05) is 19.2 Å². The van der Waals surface area contributed by atoms with Crippen LogP contribution in [0.1, 0.15) is 96.6 Å². The summed E-state index contributed by atoms with van der Waals surface area (Å²) in [5.41, 5.74) is 29.2. The molecule has 0 saturated heterocycles. The summed E-state index contributed by atoms with van der Waals surface area (Å²) in [5.74, 6) is -13.9. The monoisotopic (exact) mass is 1230 g/mol. The zero-order chi connectivity index (χ0) is 65.3. The molecule has 482 valence electrons. The molecule has 2 aromatic carbocycles. The third-order valence-corrected chi connectivity index (χ3v) is 13.2. The fourth-order valence-corrected chi connectivity index (χ4v) is 8.56. The Kier molecular flexibility index (Phi) is 33.3. The van der Waals surface area contributed by atoms with Crippen molar-refractivity contribution in [1.29, 1.82) is 0 Å². The first-order valence-corrected chi connectivity index (χ1v) is 28.4. The fourth-order valence-electron chi connectivity index (χ4n) is 8.56. The molecule has 0 heterocycles. The summed E-state index contributed by atoms with van der Waals surface area (Å²) in [4.78, 5) is 165. The van der Waals surface area contributed by atoms with Gasteiger partial charge in [0.15, 0.2) is 5.96 Å². The molecule has 0 saturated carbocycles. The van der Waals surface area contributed by atoms with E-state index in [9.17, 15) is 78.0 Å². The zero-order valence-electron chi connectivity index (χ0n) is 49.3. The third-order valence-electron chi connectivity index (χ3n) is 13.2. The molecule has 10 amide bonds. The number of unbranched alkanes of at least 4 members (excludes halogenated alkanes) is 1. The maximum absolute atomic E-state index is 14.6. The lowest BCUT2D eigenvalue weighted by Gasteiger charge is -2.29. The van der Waals surface area contributed by atoms with Crippen molar-refractivity contribution in [3.8, 4) is 0 Å². The lowest BCUT2D eigenvalue weighted by molar-refractivity contribution is -0.143. The highest BCUT2D eigenvalue weighted by molar-refractivity contribution is 5.99. The number of nitrogens with one attached hydrogen (secondary N) is 9. The van der Waals surface area contributed by atoms with E-state index in [2.05, 4.69) is 47.5 Å². The van der Waals surface area contributed by atoms with E-state index in [0.717, 1.165) is 0 Å². The van der Waals surface area contributed by atoms with Crippen LogP contribution in [0.3, 0.4) is 0 Å². The van der Waals surface area contributed by atoms with Crippen LogP contribution in [0.4, 0.5) is 0 Å². The Morgan fingerprint density at radius 3 is 1.33 bits per heavy atom. The number of aliphatic hydroxyl groups excluding tert-OH is 2. The summed E-state index contributed by atoms with van der Waals surface area (Å²) in [6.07, 6.45) is -1.57. The number of aliphatic carboxylic acids is 2. The lowest BCUT2D eigenvalue weighted by Crippen LogP contribution is -2.62. The van der Waals surface area contributed by atoms with Gasteiger partial charge in [-0.05, 0) is 74.5 Å². The molecule has 10 atom stereocenters. The highest BCUT2D eigenvalue weighted by atomic mass is 16.4. The van der Waals surface area contributed by atoms with Gasteiger partial charge in [0.25, 0.3) is 0 Å². The normalized spacial score (nSPS) is 14.5. The molecule has 87 heavy (non-hydrogen) atoms. The molecule has 0 aliphatic heterocycles. The van der Waals surface area contributed by atoms with Gasteiger partial charge in [-0.25, -0.2) is 4.79 Å². The first-order chi connectivity index (χ1) is 41.1. The SMILES string of the molecule is CC(C)C[C@H](N)C(=O)N[C@@H](CCCN=C(N)N)C(=O)N[C@@H](CCC(=O)O)C(=O)N[C@@H](Cc1ccccc1)C(=O)N[C@H](C(=O)N[C@@H](Cc1ccccc1)C(=O)N[C@@H](CCCCN)C(=O)N[C@@H](CC(N)=O)C(=O)N[C@@H](CO)C(=O)N[C@@H](CO)C(=O)O)C(C)C. The summed E-state index contributed by atoms with van der Waals surface area (Å²) in [6.45, 7) is 4.91. The highest BCUT2D eigenvalue weighted by Crippen LogP contribution is 2.13. The Morgan fingerprint density at radius 2 is 0.885 bits per heavy atom. The quantitative estimate of drug-likeness (QED) is 0.0168. The van der Waals surface area contributed by atoms with Crippen molar-refractivity contribution in [2.24, 2.45) is 45.5 Å². The van der Waals surface area contributed by atoms with Crippen LogP contribution in [0.5, 0.6) is 0 Å². The van der Waals surface area contributed by atoms with E-state index < -0.39 is 170 Å². The molecule has 0 spiro atoms. The average molecular weight is 1230 g/mol. The van der Waals surface area contributed by atoms with Gasteiger partial charge in [0.2, 0.25) is 59.1 Å². The van der Waals surface area contributed by atoms with E-state index in [-0.39, 0.29) is 69.9 Å². The van der Waals surface area contributed by atoms with Gasteiger partial charge in [-0.1, -0.05) is 88.4 Å². The van der Waals surface area contributed by atoms with Gasteiger partial charge in [-0.15, -0.1) is 0 Å². The summed E-state index contributed by atoms with van der Waals surface area (Å²) in [7, 11) is 0. The molecule has 0 bridgehead atoms. The smallest absolute Gasteiger partial charge is 0.328 e. The molecule has 0 radical (unpaired) electrons. The van der Waals surface area contributed by atoms with Crippen molar-refractivity contribution in [2.75, 3.05) is 26.3 Å². The second-order valence-corrected chi connectivity index (χ2v) is 21.4. The number of amides is 10. The van der Waals surface area contributed by atoms with Crippen LogP contribution < -0.4 is 76.5 Å². The first-order valence-electron chi connectivity index (χ1n) is 28.4. The lowest BCUT2D eigenvalue weighted by atomic mass is 9.99. The minimum absolute atomic E-state index is 0.0132. The number of carbonyl (C=O) groups excluding carboxylic acids is 10. The van der Waals surface area contributed by atoms with Crippen LogP contribution in [0.15, 0.2) is 65.7 Å². The number of hydrogen-bond donors (Lipinski definition) is 18. The van der Waals surface area contributed by atoms with Crippen LogP contribution >= 0.6 is 0 Å². The van der Waals surface area contributed by atoms with Crippen molar-refractivity contribution in [3.05, 3.63) is 71.8 Å². The molecule has 0 fully saturated rings. The number of rotatable bonds is 41. The van der Waals surface area contributed by atoms with E-state index in [1.165, 1.54) is 0 Å². The molecule has 23 N–H and O–H groups in total. The predicted octanol–water partition coefficient (Wildman–Crippen LogP) is -5.14. The highest BCUT2D eigenvalue weighted by Gasteiger charge is 2.37. The topological polar surface area (TPSA) is 536 Å². The van der Waals surface area contributed by atoms with Gasteiger partial charge in [0.1, 0.15) is 54.4 Å². The molecule has 0 aromatic heterocycles. The number of carbonyl (C=O) groups is 12. The standard InChI is InChI=1S/C56H87N15O16/c1-30(2)24-34(58)46(77)63-36(19-13-23-62-56(60)61)47(78)65-37(20-21-44(75)76)49(80)66-39(26-33-16-9-6-10-17-33)52(83)71-45(31(3)4)54(85)68-38(25-32-14-7-5-8-15-32)50(81)64-35(18-11-12-22-57)48(79)67-40(27-43(59)74)51(82)69-41(28-72)53(84)70-42(29-73)55(86)87/h5-10,14-17,30-31,34-42,45,72-73H,11-13,18-29,57-58H2,1-4H3,(H2,59,74)(H,63,77)(H,64,81)(H,65,78)(H,66,80)(H,67,79)(H,68,85)(H,69,82)(H,70,84)(H,71,83)(H,75,76)(H,86,87)(H4,60,61,62)/t34-,35-,36-,37-,38-,39-,40-,41-,42-,45-/m0/s1. The second kappa shape index (κ2) is 39.0. The fraction of sp³-hybridized carbons (Fsp3) is 0.554. The number of aliphatic hydroxyl groups is 2. The van der Waals surface area contributed by atoms with Gasteiger partial charge in [-0.2, -0.15) is 0 Å². The minimum atomic E-state index is -1.85. The van der Waals surface area contributed by atoms with E-state index in [1.54, 1.807) is 74.5 Å². The molecular weight excluding hydrogens is 1140 g/mol. The van der Waals surface area contributed by atoms with E-state index in [0.29, 0.717) is 17.5 Å². The van der Waals surface area contributed by atoms with Crippen LogP contribution in [-0.4, -0.2) is 184 Å². The number of hydrogen-bond acceptors (Lipinski definition) is 17. The molecule has 31 heteroatoms. The van der Waals surface area contributed by atoms with Crippen molar-refractivity contribution in [1.82, 2.24) is 47.9 Å². The Balaban J connectivity index is 2.56. The van der Waals surface area contributed by atoms with Gasteiger partial charge >= 0.3 is 11.9 Å². The Hall–Kier alpha value is -8.81. The molecular formula is C56H87N15O16. The maximum atomic E-state index is 14.6. The number of aliphatic imine (C=N–C) groups is 1. The average Bonchev–Trinajstić information content (AvgIpc) is 3.36. The Labute approximate surface area is 503 Å².